The SMILES string of the molecule is C[C@@H](O)[C@H](NC(=O)CSCC#N)C(=O)O. The number of thioether (sulfide) groups is 1. The molecule has 0 aromatic heterocycles. The summed E-state index contributed by atoms with van der Waals surface area (Å²) in [6, 6.07) is 0.534. The number of aliphatic carboxylic acids is 1. The first-order valence-electron chi connectivity index (χ1n) is 4.14. The maximum absolute atomic E-state index is 11.1. The van der Waals surface area contributed by atoms with Gasteiger partial charge in [-0.15, -0.1) is 11.8 Å². The van der Waals surface area contributed by atoms with Crippen molar-refractivity contribution in [1.82, 2.24) is 5.32 Å². The van der Waals surface area contributed by atoms with Gasteiger partial charge in [0, 0.05) is 0 Å². The van der Waals surface area contributed by atoms with Gasteiger partial charge in [-0.05, 0) is 6.92 Å². The highest BCUT2D eigenvalue weighted by atomic mass is 32.2. The Morgan fingerprint density at radius 2 is 2.20 bits per heavy atom. The van der Waals surface area contributed by atoms with E-state index in [4.69, 9.17) is 15.5 Å². The second-order valence-electron chi connectivity index (χ2n) is 2.77. The summed E-state index contributed by atoms with van der Waals surface area (Å²) in [6.07, 6.45) is -1.16. The number of carbonyl (C=O) groups excluding carboxylic acids is 1. The predicted octanol–water partition coefficient (Wildman–Crippen LogP) is -0.807. The number of carboxylic acid groups (broad SMARTS) is 1. The van der Waals surface area contributed by atoms with Crippen LogP contribution in [0.25, 0.3) is 0 Å². The van der Waals surface area contributed by atoms with Crippen LogP contribution in [0.1, 0.15) is 6.92 Å². The van der Waals surface area contributed by atoms with Gasteiger partial charge in [-0.25, -0.2) is 4.79 Å². The molecule has 84 valence electrons. The third kappa shape index (κ3) is 5.93. The molecule has 0 aliphatic rings. The van der Waals surface area contributed by atoms with Crippen molar-refractivity contribution in [3.63, 3.8) is 0 Å². The molecule has 0 bridgehead atoms. The zero-order valence-electron chi connectivity index (χ0n) is 8.14. The fourth-order valence-electron chi connectivity index (χ4n) is 0.793. The predicted molar refractivity (Wildman–Crippen MR) is 54.2 cm³/mol. The zero-order valence-corrected chi connectivity index (χ0v) is 8.95. The molecule has 0 spiro atoms. The van der Waals surface area contributed by atoms with E-state index in [2.05, 4.69) is 5.32 Å². The van der Waals surface area contributed by atoms with Gasteiger partial charge in [0.05, 0.1) is 23.7 Å². The lowest BCUT2D eigenvalue weighted by molar-refractivity contribution is -0.144. The molecular weight excluding hydrogens is 220 g/mol. The molecule has 2 atom stereocenters. The number of rotatable bonds is 6. The number of amides is 1. The summed E-state index contributed by atoms with van der Waals surface area (Å²) in [5.74, 6) is -1.63. The number of nitrogens with one attached hydrogen (secondary N) is 1. The second-order valence-corrected chi connectivity index (χ2v) is 3.76. The van der Waals surface area contributed by atoms with E-state index < -0.39 is 24.0 Å². The lowest BCUT2D eigenvalue weighted by atomic mass is 10.2. The highest BCUT2D eigenvalue weighted by Crippen LogP contribution is 1.99. The molecule has 15 heavy (non-hydrogen) atoms. The normalized spacial score (nSPS) is 13.7. The number of aliphatic hydroxyl groups excluding tert-OH is 1. The zero-order chi connectivity index (χ0) is 11.8. The van der Waals surface area contributed by atoms with Gasteiger partial charge < -0.3 is 15.5 Å². The quantitative estimate of drug-likeness (QED) is 0.517. The van der Waals surface area contributed by atoms with E-state index >= 15 is 0 Å². The standard InChI is InChI=1S/C8H12N2O4S/c1-5(11)7(8(13)14)10-6(12)4-15-3-2-9/h5,7,11H,3-4H2,1H3,(H,10,12)(H,13,14)/t5-,7+/m1/s1. The van der Waals surface area contributed by atoms with Crippen LogP contribution in [-0.2, 0) is 9.59 Å². The summed E-state index contributed by atoms with van der Waals surface area (Å²) >= 11 is 1.08. The average molecular weight is 232 g/mol. The third-order valence-electron chi connectivity index (χ3n) is 1.46. The Morgan fingerprint density at radius 1 is 1.60 bits per heavy atom. The van der Waals surface area contributed by atoms with E-state index in [9.17, 15) is 9.59 Å². The Hall–Kier alpha value is -1.26. The molecule has 3 N–H and O–H groups in total. The topological polar surface area (TPSA) is 110 Å². The minimum Gasteiger partial charge on any atom is -0.480 e. The highest BCUT2D eigenvalue weighted by molar-refractivity contribution is 8.00. The molecule has 0 heterocycles. The number of nitrogens with zero attached hydrogens (tertiary/aromatic N) is 1. The van der Waals surface area contributed by atoms with Crippen molar-refractivity contribution >= 4 is 23.6 Å². The molecule has 0 unspecified atom stereocenters. The second kappa shape index (κ2) is 7.09. The van der Waals surface area contributed by atoms with Gasteiger partial charge >= 0.3 is 5.97 Å². The Morgan fingerprint density at radius 3 is 2.60 bits per heavy atom. The molecule has 7 heteroatoms. The molecule has 0 aromatic rings. The molecule has 0 aliphatic carbocycles. The molecule has 6 nitrogen and oxygen atoms in total. The molecule has 0 saturated carbocycles. The first-order valence-corrected chi connectivity index (χ1v) is 5.29. The Balaban J connectivity index is 4.02. The van der Waals surface area contributed by atoms with E-state index in [0.717, 1.165) is 11.8 Å². The van der Waals surface area contributed by atoms with Crippen LogP contribution in [0.3, 0.4) is 0 Å². The van der Waals surface area contributed by atoms with Crippen LogP contribution in [0.15, 0.2) is 0 Å². The van der Waals surface area contributed by atoms with E-state index in [1.165, 1.54) is 6.92 Å². The molecule has 0 aromatic carbocycles. The molecule has 0 aliphatic heterocycles. The summed E-state index contributed by atoms with van der Waals surface area (Å²) < 4.78 is 0. The average Bonchev–Trinajstić information content (AvgIpc) is 2.13. The van der Waals surface area contributed by atoms with Gasteiger partial charge in [-0.2, -0.15) is 5.26 Å². The number of hydrogen-bond donors (Lipinski definition) is 3. The molecule has 0 rings (SSSR count). The van der Waals surface area contributed by atoms with Gasteiger partial charge in [0.1, 0.15) is 0 Å². The number of nitriles is 1. The van der Waals surface area contributed by atoms with Crippen molar-refractivity contribution in [3.8, 4) is 6.07 Å². The summed E-state index contributed by atoms with van der Waals surface area (Å²) in [4.78, 5) is 21.7. The Labute approximate surface area is 91.3 Å². The fraction of sp³-hybridized carbons (Fsp3) is 0.625. The monoisotopic (exact) mass is 232 g/mol. The van der Waals surface area contributed by atoms with Gasteiger partial charge in [0.2, 0.25) is 5.91 Å². The van der Waals surface area contributed by atoms with Crippen molar-refractivity contribution < 1.29 is 19.8 Å². The molecule has 1 amide bonds. The highest BCUT2D eigenvalue weighted by Gasteiger charge is 2.24. The number of hydrogen-bond acceptors (Lipinski definition) is 5. The minimum absolute atomic E-state index is 0.00403. The van der Waals surface area contributed by atoms with Crippen LogP contribution in [0.5, 0.6) is 0 Å². The van der Waals surface area contributed by atoms with E-state index in [-0.39, 0.29) is 11.5 Å². The van der Waals surface area contributed by atoms with Crippen LogP contribution in [-0.4, -0.2) is 45.7 Å². The van der Waals surface area contributed by atoms with Gasteiger partial charge in [-0.1, -0.05) is 0 Å². The smallest absolute Gasteiger partial charge is 0.328 e. The van der Waals surface area contributed by atoms with E-state index in [1.54, 1.807) is 0 Å². The maximum Gasteiger partial charge on any atom is 0.328 e. The van der Waals surface area contributed by atoms with E-state index in [0.29, 0.717) is 0 Å². The molecular formula is C8H12N2O4S. The Kier molecular flexibility index (Phi) is 6.49. The largest absolute Gasteiger partial charge is 0.480 e. The van der Waals surface area contributed by atoms with Crippen molar-refractivity contribution in [2.75, 3.05) is 11.5 Å². The summed E-state index contributed by atoms with van der Waals surface area (Å²) in [5.41, 5.74) is 0. The number of aliphatic hydroxyl groups is 1. The summed E-state index contributed by atoms with van der Waals surface area (Å²) in [7, 11) is 0. The van der Waals surface area contributed by atoms with Crippen LogP contribution in [0.2, 0.25) is 0 Å². The minimum atomic E-state index is -1.31. The molecule has 0 radical (unpaired) electrons. The summed E-state index contributed by atoms with van der Waals surface area (Å²) in [6.45, 7) is 1.28. The first-order chi connectivity index (χ1) is 6.99. The van der Waals surface area contributed by atoms with Crippen LogP contribution in [0.4, 0.5) is 0 Å². The molecule has 0 saturated heterocycles. The van der Waals surface area contributed by atoms with Crippen molar-refractivity contribution in [2.45, 2.75) is 19.1 Å². The first kappa shape index (κ1) is 13.7. The maximum atomic E-state index is 11.1. The third-order valence-corrected chi connectivity index (χ3v) is 2.26. The van der Waals surface area contributed by atoms with Crippen molar-refractivity contribution in [3.05, 3.63) is 0 Å². The number of carbonyl (C=O) groups is 2. The fourth-order valence-corrected chi connectivity index (χ4v) is 1.26. The van der Waals surface area contributed by atoms with Crippen LogP contribution < -0.4 is 5.32 Å². The number of carboxylic acids is 1. The lowest BCUT2D eigenvalue weighted by Crippen LogP contribution is -2.48. The van der Waals surface area contributed by atoms with Crippen LogP contribution in [0, 0.1) is 11.3 Å². The van der Waals surface area contributed by atoms with Crippen molar-refractivity contribution in [2.24, 2.45) is 0 Å². The van der Waals surface area contributed by atoms with Crippen molar-refractivity contribution in [1.29, 1.82) is 5.26 Å². The lowest BCUT2D eigenvalue weighted by Gasteiger charge is -2.16. The van der Waals surface area contributed by atoms with Gasteiger partial charge in [0.15, 0.2) is 6.04 Å². The summed E-state index contributed by atoms with van der Waals surface area (Å²) in [5, 5.41) is 28.0. The van der Waals surface area contributed by atoms with Crippen LogP contribution >= 0.6 is 11.8 Å². The van der Waals surface area contributed by atoms with E-state index in [1.807, 2.05) is 6.07 Å². The van der Waals surface area contributed by atoms with Gasteiger partial charge in [0.25, 0.3) is 0 Å². The Bertz CT molecular complexity index is 274. The molecule has 0 fully saturated rings. The van der Waals surface area contributed by atoms with Gasteiger partial charge in [-0.3, -0.25) is 4.79 Å².